The van der Waals surface area contributed by atoms with Gasteiger partial charge in [-0.1, -0.05) is 84.9 Å². The fourth-order valence-electron chi connectivity index (χ4n) is 6.05. The second-order valence-corrected chi connectivity index (χ2v) is 12.6. The van der Waals surface area contributed by atoms with Crippen LogP contribution in [-0.4, -0.2) is 59.5 Å². The molecule has 2 heterocycles. The number of nitrogens with zero attached hydrogens (tertiary/aromatic N) is 4. The monoisotopic (exact) mass is 654 g/mol. The van der Waals surface area contributed by atoms with Crippen LogP contribution in [0.5, 0.6) is 0 Å². The van der Waals surface area contributed by atoms with Gasteiger partial charge in [-0.3, -0.25) is 19.1 Å². The third-order valence-corrected chi connectivity index (χ3v) is 9.54. The van der Waals surface area contributed by atoms with Gasteiger partial charge in [0.1, 0.15) is 10.7 Å². The topological polar surface area (TPSA) is 95.6 Å². The number of carbonyl (C=O) groups excluding carboxylic acids is 2. The lowest BCUT2D eigenvalue weighted by Crippen LogP contribution is -2.50. The highest BCUT2D eigenvalue weighted by Crippen LogP contribution is 2.29. The largest absolute Gasteiger partial charge is 0.465 e. The normalized spacial score (nSPS) is 14.5. The van der Waals surface area contributed by atoms with E-state index in [9.17, 15) is 19.6 Å². The highest BCUT2D eigenvalue weighted by atomic mass is 32.1. The number of piperazine rings is 1. The van der Waals surface area contributed by atoms with Crippen molar-refractivity contribution in [2.24, 2.45) is 0 Å². The first-order chi connectivity index (χ1) is 23.4. The Morgan fingerprint density at radius 2 is 1.48 bits per heavy atom. The van der Waals surface area contributed by atoms with E-state index in [-0.39, 0.29) is 21.8 Å². The number of hydrogen-bond acceptors (Lipinski definition) is 7. The summed E-state index contributed by atoms with van der Waals surface area (Å²) >= 11 is 1.11. The van der Waals surface area contributed by atoms with E-state index in [1.54, 1.807) is 41.3 Å². The average Bonchev–Trinajstić information content (AvgIpc) is 3.44. The number of esters is 1. The molecule has 6 rings (SSSR count). The first kappa shape index (κ1) is 32.4. The molecule has 8 nitrogen and oxygen atoms in total. The third kappa shape index (κ3) is 6.76. The van der Waals surface area contributed by atoms with Gasteiger partial charge in [-0.25, -0.2) is 4.79 Å². The number of rotatable bonds is 7. The van der Waals surface area contributed by atoms with Crippen LogP contribution in [0.2, 0.25) is 0 Å². The van der Waals surface area contributed by atoms with Crippen molar-refractivity contribution < 1.29 is 14.3 Å². The molecule has 1 fully saturated rings. The Labute approximate surface area is 282 Å². The van der Waals surface area contributed by atoms with Crippen molar-refractivity contribution in [1.29, 1.82) is 5.26 Å². The smallest absolute Gasteiger partial charge is 0.337 e. The Morgan fingerprint density at radius 3 is 2.04 bits per heavy atom. The van der Waals surface area contributed by atoms with Crippen LogP contribution in [0.15, 0.2) is 114 Å². The van der Waals surface area contributed by atoms with Crippen molar-refractivity contribution >= 4 is 34.9 Å². The highest BCUT2D eigenvalue weighted by Gasteiger charge is 2.30. The van der Waals surface area contributed by atoms with Crippen molar-refractivity contribution in [3.63, 3.8) is 0 Å². The number of thiazole rings is 1. The Morgan fingerprint density at radius 1 is 0.854 bits per heavy atom. The van der Waals surface area contributed by atoms with E-state index in [0.29, 0.717) is 47.5 Å². The summed E-state index contributed by atoms with van der Waals surface area (Å²) in [4.78, 5) is 44.0. The molecule has 240 valence electrons. The van der Waals surface area contributed by atoms with Crippen LogP contribution < -0.4 is 14.8 Å². The van der Waals surface area contributed by atoms with E-state index < -0.39 is 11.9 Å². The predicted molar refractivity (Wildman–Crippen MR) is 187 cm³/mol. The summed E-state index contributed by atoms with van der Waals surface area (Å²) in [6.45, 7) is 4.04. The minimum absolute atomic E-state index is 0.0349. The number of ether oxygens (including phenoxy) is 1. The minimum Gasteiger partial charge on any atom is -0.465 e. The summed E-state index contributed by atoms with van der Waals surface area (Å²) < 4.78 is 6.89. The van der Waals surface area contributed by atoms with Crippen molar-refractivity contribution in [3.05, 3.63) is 157 Å². The Hall–Kier alpha value is -5.56. The first-order valence-corrected chi connectivity index (χ1v) is 16.5. The van der Waals surface area contributed by atoms with Crippen molar-refractivity contribution in [2.75, 3.05) is 33.3 Å². The van der Waals surface area contributed by atoms with Crippen molar-refractivity contribution in [3.8, 4) is 11.8 Å². The van der Waals surface area contributed by atoms with Gasteiger partial charge in [-0.05, 0) is 59.5 Å². The Kier molecular flexibility index (Phi) is 9.76. The summed E-state index contributed by atoms with van der Waals surface area (Å²) in [5.74, 6) is -0.852. The van der Waals surface area contributed by atoms with Crippen molar-refractivity contribution in [2.45, 2.75) is 13.0 Å². The van der Waals surface area contributed by atoms with Gasteiger partial charge >= 0.3 is 5.97 Å². The van der Waals surface area contributed by atoms with Gasteiger partial charge in [0.2, 0.25) is 0 Å². The lowest BCUT2D eigenvalue weighted by atomic mass is 9.96. The zero-order valence-corrected chi connectivity index (χ0v) is 27.5. The summed E-state index contributed by atoms with van der Waals surface area (Å²) in [5, 5.41) is 10.4. The number of aryl methyl sites for hydroxylation is 1. The maximum atomic E-state index is 14.1. The molecule has 1 aliphatic rings. The number of amides is 1. The highest BCUT2D eigenvalue weighted by molar-refractivity contribution is 7.07. The van der Waals surface area contributed by atoms with Gasteiger partial charge < -0.3 is 9.64 Å². The minimum atomic E-state index is -0.454. The number of methoxy groups -OCH3 is 1. The van der Waals surface area contributed by atoms with Crippen LogP contribution >= 0.6 is 11.3 Å². The number of carbonyl (C=O) groups is 2. The van der Waals surface area contributed by atoms with Crippen LogP contribution in [0.3, 0.4) is 0 Å². The number of nitriles is 1. The Bertz CT molecular complexity index is 2120. The maximum Gasteiger partial charge on any atom is 0.337 e. The van der Waals surface area contributed by atoms with E-state index in [4.69, 9.17) is 4.74 Å². The number of benzene rings is 4. The fourth-order valence-corrected chi connectivity index (χ4v) is 7.15. The third-order valence-electron chi connectivity index (χ3n) is 8.45. The quantitative estimate of drug-likeness (QED) is 0.241. The van der Waals surface area contributed by atoms with Crippen LogP contribution in [0, 0.1) is 18.3 Å². The van der Waals surface area contributed by atoms with E-state index in [2.05, 4.69) is 35.2 Å². The van der Waals surface area contributed by atoms with Gasteiger partial charge in [0, 0.05) is 26.2 Å². The van der Waals surface area contributed by atoms with Crippen LogP contribution in [0.4, 0.5) is 0 Å². The molecule has 9 heteroatoms. The van der Waals surface area contributed by atoms with Crippen LogP contribution in [0.25, 0.3) is 17.3 Å². The summed E-state index contributed by atoms with van der Waals surface area (Å²) in [5.41, 5.74) is 4.54. The molecule has 1 aromatic heterocycles. The average molecular weight is 655 g/mol. The molecule has 0 atom stereocenters. The lowest BCUT2D eigenvalue weighted by molar-refractivity contribution is -0.126. The molecule has 0 unspecified atom stereocenters. The number of hydrogen-bond donors (Lipinski definition) is 0. The summed E-state index contributed by atoms with van der Waals surface area (Å²) in [6, 6.07) is 37.0. The molecule has 0 radical (unpaired) electrons. The molecule has 48 heavy (non-hydrogen) atoms. The van der Waals surface area contributed by atoms with Gasteiger partial charge in [0.25, 0.3) is 11.5 Å². The summed E-state index contributed by atoms with van der Waals surface area (Å²) in [6.07, 6.45) is 1.70. The standard InChI is InChI=1S/C39H34N4O4S/c1-27-10-9-15-32(24-27)43-37(45)34(25-28-16-18-31(19-17-28)39(46)47-2)48-38(43)33(26-40)36(44)42-22-20-41(21-23-42)35(29-11-5-3-6-12-29)30-13-7-4-8-14-30/h3-19,24-25,35H,20-23H2,1-2H3/b34-25+,38-33+. The fraction of sp³-hybridized carbons (Fsp3) is 0.179. The second kappa shape index (κ2) is 14.5. The molecule has 1 amide bonds. The Balaban J connectivity index is 1.36. The molecular formula is C39H34N4O4S. The first-order valence-electron chi connectivity index (χ1n) is 15.6. The van der Waals surface area contributed by atoms with Gasteiger partial charge in [-0.2, -0.15) is 5.26 Å². The SMILES string of the molecule is COC(=O)c1ccc(/C=c2/s/c(=C(\C#N)C(=O)N3CCN(C(c4ccccc4)c4ccccc4)CC3)n(-c3cccc(C)c3)c2=O)cc1. The molecule has 5 aromatic rings. The zero-order chi connectivity index (χ0) is 33.6. The molecule has 0 spiro atoms. The van der Waals surface area contributed by atoms with Crippen LogP contribution in [-0.2, 0) is 9.53 Å². The lowest BCUT2D eigenvalue weighted by Gasteiger charge is -2.39. The summed E-state index contributed by atoms with van der Waals surface area (Å²) in [7, 11) is 1.32. The molecule has 0 N–H and O–H groups in total. The van der Waals surface area contributed by atoms with Gasteiger partial charge in [0.05, 0.1) is 28.9 Å². The van der Waals surface area contributed by atoms with Crippen LogP contribution in [0.1, 0.15) is 38.7 Å². The van der Waals surface area contributed by atoms with E-state index >= 15 is 0 Å². The predicted octanol–water partition coefficient (Wildman–Crippen LogP) is 4.43. The van der Waals surface area contributed by atoms with E-state index in [1.807, 2.05) is 61.5 Å². The molecule has 0 aliphatic carbocycles. The molecule has 1 saturated heterocycles. The molecule has 4 aromatic carbocycles. The molecular weight excluding hydrogens is 621 g/mol. The molecule has 0 bridgehead atoms. The van der Waals surface area contributed by atoms with Gasteiger partial charge in [-0.15, -0.1) is 11.3 Å². The number of aromatic nitrogens is 1. The zero-order valence-electron chi connectivity index (χ0n) is 26.7. The second-order valence-electron chi connectivity index (χ2n) is 11.5. The van der Waals surface area contributed by atoms with E-state index in [0.717, 1.165) is 16.9 Å². The van der Waals surface area contributed by atoms with Crippen molar-refractivity contribution in [1.82, 2.24) is 14.4 Å². The molecule has 0 saturated carbocycles. The van der Waals surface area contributed by atoms with E-state index in [1.165, 1.54) is 22.8 Å². The van der Waals surface area contributed by atoms with Gasteiger partial charge in [0.15, 0.2) is 5.57 Å². The molecule has 1 aliphatic heterocycles. The maximum absolute atomic E-state index is 14.1.